The van der Waals surface area contributed by atoms with Gasteiger partial charge in [-0.2, -0.15) is 0 Å². The van der Waals surface area contributed by atoms with Crippen molar-refractivity contribution in [2.24, 2.45) is 0 Å². The second-order valence-corrected chi connectivity index (χ2v) is 6.15. The Kier molecular flexibility index (Phi) is 4.99. The number of ether oxygens (including phenoxy) is 2. The van der Waals surface area contributed by atoms with E-state index in [1.165, 1.54) is 18.2 Å². The number of carbonyl (C=O) groups excluding carboxylic acids is 1. The number of fused-ring (bicyclic) bond motifs is 1. The van der Waals surface area contributed by atoms with Crippen molar-refractivity contribution >= 4 is 12.0 Å². The van der Waals surface area contributed by atoms with Crippen LogP contribution in [-0.2, 0) is 22.6 Å². The molecule has 124 valence electrons. The Balaban J connectivity index is 1.78. The summed E-state index contributed by atoms with van der Waals surface area (Å²) in [6, 6.07) is 14.4. The third kappa shape index (κ3) is 3.85. The molecule has 0 heterocycles. The smallest absolute Gasteiger partial charge is 0.333 e. The van der Waals surface area contributed by atoms with Crippen molar-refractivity contribution in [1.29, 1.82) is 0 Å². The molecule has 0 spiro atoms. The average Bonchev–Trinajstić information content (AvgIpc) is 2.82. The normalized spacial score (nSPS) is 13.5. The number of aryl methyl sites for hydroxylation is 2. The molecule has 1 aliphatic rings. The fraction of sp³-hybridized carbons (Fsp3) is 0.286. The van der Waals surface area contributed by atoms with E-state index in [0.717, 1.165) is 41.7 Å². The zero-order valence-electron chi connectivity index (χ0n) is 14.2. The van der Waals surface area contributed by atoms with Crippen LogP contribution >= 0.6 is 0 Å². The lowest BCUT2D eigenvalue weighted by atomic mass is 10.0. The molecule has 1 aliphatic carbocycles. The number of rotatable bonds is 4. The predicted octanol–water partition coefficient (Wildman–Crippen LogP) is 4.47. The topological polar surface area (TPSA) is 35.5 Å². The molecule has 0 atom stereocenters. The van der Waals surface area contributed by atoms with E-state index < -0.39 is 0 Å². The molecule has 0 saturated heterocycles. The lowest BCUT2D eigenvalue weighted by molar-refractivity contribution is -0.136. The number of hydrogen-bond acceptors (Lipinski definition) is 3. The molecule has 0 N–H and O–H groups in total. The van der Waals surface area contributed by atoms with Gasteiger partial charge in [0.25, 0.3) is 0 Å². The summed E-state index contributed by atoms with van der Waals surface area (Å²) in [5.74, 6) is 0.575. The van der Waals surface area contributed by atoms with Crippen molar-refractivity contribution in [2.75, 3.05) is 7.11 Å². The van der Waals surface area contributed by atoms with Gasteiger partial charge in [-0.1, -0.05) is 35.9 Å². The largest absolute Gasteiger partial charge is 0.489 e. The molecule has 2 aromatic rings. The summed E-state index contributed by atoms with van der Waals surface area (Å²) in [6.07, 6.45) is 4.61. The molecule has 0 fully saturated rings. The molecule has 0 radical (unpaired) electrons. The van der Waals surface area contributed by atoms with Crippen molar-refractivity contribution in [3.63, 3.8) is 0 Å². The maximum Gasteiger partial charge on any atom is 0.333 e. The van der Waals surface area contributed by atoms with Crippen LogP contribution in [0.2, 0.25) is 0 Å². The van der Waals surface area contributed by atoms with Crippen molar-refractivity contribution in [3.8, 4) is 5.75 Å². The highest BCUT2D eigenvalue weighted by molar-refractivity contribution is 5.94. The SMILES string of the molecule is COC(=O)C1=Cc2cc(OCc3ccc(C)cc3)ccc2CCC1. The van der Waals surface area contributed by atoms with Crippen molar-refractivity contribution in [1.82, 2.24) is 0 Å². The first-order valence-corrected chi connectivity index (χ1v) is 8.26. The molecule has 3 heteroatoms. The summed E-state index contributed by atoms with van der Waals surface area (Å²) >= 11 is 0. The van der Waals surface area contributed by atoms with E-state index in [-0.39, 0.29) is 5.97 Å². The van der Waals surface area contributed by atoms with E-state index in [4.69, 9.17) is 9.47 Å². The third-order valence-electron chi connectivity index (χ3n) is 4.31. The van der Waals surface area contributed by atoms with Gasteiger partial charge in [0.15, 0.2) is 0 Å². The molecule has 0 aliphatic heterocycles. The van der Waals surface area contributed by atoms with E-state index in [1.54, 1.807) is 0 Å². The number of benzene rings is 2. The van der Waals surface area contributed by atoms with Crippen LogP contribution in [-0.4, -0.2) is 13.1 Å². The lowest BCUT2D eigenvalue weighted by Crippen LogP contribution is -2.03. The average molecular weight is 322 g/mol. The zero-order valence-corrected chi connectivity index (χ0v) is 14.2. The molecule has 0 saturated carbocycles. The highest BCUT2D eigenvalue weighted by Gasteiger charge is 2.15. The highest BCUT2D eigenvalue weighted by Crippen LogP contribution is 2.27. The van der Waals surface area contributed by atoms with Crippen LogP contribution in [0.3, 0.4) is 0 Å². The summed E-state index contributed by atoms with van der Waals surface area (Å²) in [5.41, 5.74) is 5.41. The fourth-order valence-electron chi connectivity index (χ4n) is 2.90. The first kappa shape index (κ1) is 16.3. The second kappa shape index (κ2) is 7.35. The van der Waals surface area contributed by atoms with Gasteiger partial charge < -0.3 is 9.47 Å². The van der Waals surface area contributed by atoms with E-state index in [1.807, 2.05) is 18.2 Å². The monoisotopic (exact) mass is 322 g/mol. The first-order chi connectivity index (χ1) is 11.7. The quantitative estimate of drug-likeness (QED) is 0.779. The van der Waals surface area contributed by atoms with Crippen LogP contribution in [0, 0.1) is 6.92 Å². The molecule has 0 bridgehead atoms. The number of hydrogen-bond donors (Lipinski definition) is 0. The van der Waals surface area contributed by atoms with Gasteiger partial charge in [-0.3, -0.25) is 0 Å². The van der Waals surface area contributed by atoms with E-state index in [2.05, 4.69) is 37.3 Å². The highest BCUT2D eigenvalue weighted by atomic mass is 16.5. The standard InChI is InChI=1S/C21H22O3/c1-15-6-8-16(9-7-15)14-24-20-11-10-17-4-3-5-18(21(22)23-2)12-19(17)13-20/h6-13H,3-5,14H2,1-2H3. The van der Waals surface area contributed by atoms with Gasteiger partial charge in [-0.15, -0.1) is 0 Å². The second-order valence-electron chi connectivity index (χ2n) is 6.15. The van der Waals surface area contributed by atoms with Crippen molar-refractivity contribution in [3.05, 3.63) is 70.3 Å². The van der Waals surface area contributed by atoms with E-state index in [0.29, 0.717) is 6.61 Å². The van der Waals surface area contributed by atoms with Crippen LogP contribution < -0.4 is 4.74 Å². The minimum Gasteiger partial charge on any atom is -0.489 e. The first-order valence-electron chi connectivity index (χ1n) is 8.26. The third-order valence-corrected chi connectivity index (χ3v) is 4.31. The molecular formula is C21H22O3. The van der Waals surface area contributed by atoms with Gasteiger partial charge in [0.2, 0.25) is 0 Å². The Labute approximate surface area is 142 Å². The summed E-state index contributed by atoms with van der Waals surface area (Å²) in [4.78, 5) is 11.8. The van der Waals surface area contributed by atoms with Gasteiger partial charge in [0, 0.05) is 5.57 Å². The lowest BCUT2D eigenvalue weighted by Gasteiger charge is -2.10. The van der Waals surface area contributed by atoms with Gasteiger partial charge >= 0.3 is 5.97 Å². The van der Waals surface area contributed by atoms with E-state index >= 15 is 0 Å². The van der Waals surface area contributed by atoms with Gasteiger partial charge in [-0.05, 0) is 61.1 Å². The summed E-state index contributed by atoms with van der Waals surface area (Å²) in [5, 5.41) is 0. The van der Waals surface area contributed by atoms with Crippen LogP contribution in [0.5, 0.6) is 5.75 Å². The number of esters is 1. The van der Waals surface area contributed by atoms with Crippen LogP contribution in [0.25, 0.3) is 6.08 Å². The zero-order chi connectivity index (χ0) is 16.9. The molecule has 0 unspecified atom stereocenters. The maximum atomic E-state index is 11.8. The Hall–Kier alpha value is -2.55. The van der Waals surface area contributed by atoms with Crippen molar-refractivity contribution in [2.45, 2.75) is 32.8 Å². The molecule has 3 rings (SSSR count). The van der Waals surface area contributed by atoms with Gasteiger partial charge in [0.1, 0.15) is 12.4 Å². The Bertz CT molecular complexity index is 757. The van der Waals surface area contributed by atoms with Gasteiger partial charge in [0.05, 0.1) is 7.11 Å². The molecule has 0 aromatic heterocycles. The number of methoxy groups -OCH3 is 1. The van der Waals surface area contributed by atoms with Crippen LogP contribution in [0.4, 0.5) is 0 Å². The summed E-state index contributed by atoms with van der Waals surface area (Å²) < 4.78 is 10.8. The molecule has 0 amide bonds. The Morgan fingerprint density at radius 3 is 2.62 bits per heavy atom. The van der Waals surface area contributed by atoms with Crippen molar-refractivity contribution < 1.29 is 14.3 Å². The summed E-state index contributed by atoms with van der Waals surface area (Å²) in [7, 11) is 1.43. The van der Waals surface area contributed by atoms with Crippen LogP contribution in [0.15, 0.2) is 48.0 Å². The summed E-state index contributed by atoms with van der Waals surface area (Å²) in [6.45, 7) is 2.61. The minimum absolute atomic E-state index is 0.242. The number of carbonyl (C=O) groups is 1. The predicted molar refractivity (Wildman–Crippen MR) is 94.9 cm³/mol. The van der Waals surface area contributed by atoms with E-state index in [9.17, 15) is 4.79 Å². The molecule has 24 heavy (non-hydrogen) atoms. The van der Waals surface area contributed by atoms with Gasteiger partial charge in [-0.25, -0.2) is 4.79 Å². The molecule has 3 nitrogen and oxygen atoms in total. The molecule has 2 aromatic carbocycles. The Morgan fingerprint density at radius 2 is 1.88 bits per heavy atom. The maximum absolute atomic E-state index is 11.8. The minimum atomic E-state index is -0.242. The molecular weight excluding hydrogens is 300 g/mol. The van der Waals surface area contributed by atoms with Crippen LogP contribution in [0.1, 0.15) is 35.1 Å². The fourth-order valence-corrected chi connectivity index (χ4v) is 2.90. The Morgan fingerprint density at radius 1 is 1.08 bits per heavy atom.